The molecule has 0 atom stereocenters. The molecule has 0 saturated heterocycles. The maximum Gasteiger partial charge on any atom is 0.227 e. The van der Waals surface area contributed by atoms with Gasteiger partial charge in [-0.2, -0.15) is 0 Å². The number of hydrogen-bond acceptors (Lipinski definition) is 3. The van der Waals surface area contributed by atoms with Gasteiger partial charge in [-0.3, -0.25) is 9.59 Å². The maximum absolute atomic E-state index is 12.5. The molecule has 4 rings (SSSR count). The van der Waals surface area contributed by atoms with Gasteiger partial charge in [0.2, 0.25) is 5.91 Å². The highest BCUT2D eigenvalue weighted by Crippen LogP contribution is 2.35. The quantitative estimate of drug-likeness (QED) is 0.547. The second-order valence-electron chi connectivity index (χ2n) is 6.73. The van der Waals surface area contributed by atoms with Crippen LogP contribution >= 0.6 is 11.6 Å². The van der Waals surface area contributed by atoms with E-state index in [2.05, 4.69) is 5.32 Å². The lowest BCUT2D eigenvalue weighted by atomic mass is 10.0. The van der Waals surface area contributed by atoms with Crippen molar-refractivity contribution in [3.63, 3.8) is 0 Å². The number of ketones is 1. The molecule has 0 heterocycles. The smallest absolute Gasteiger partial charge is 0.227 e. The summed E-state index contributed by atoms with van der Waals surface area (Å²) in [7, 11) is 0. The van der Waals surface area contributed by atoms with Gasteiger partial charge < -0.3 is 10.1 Å². The van der Waals surface area contributed by atoms with Crippen LogP contribution in [0.2, 0.25) is 5.02 Å². The number of benzene rings is 3. The summed E-state index contributed by atoms with van der Waals surface area (Å²) >= 11 is 6.07. The zero-order chi connectivity index (χ0) is 19.5. The normalized spacial score (nSPS) is 13.0. The number of halogens is 1. The minimum Gasteiger partial charge on any atom is -0.455 e. The van der Waals surface area contributed by atoms with E-state index in [0.29, 0.717) is 33.3 Å². The summed E-state index contributed by atoms with van der Waals surface area (Å²) in [6.07, 6.45) is 1.83. The Balaban J connectivity index is 1.51. The average Bonchev–Trinajstić information content (AvgIpc) is 3.56. The zero-order valence-electron chi connectivity index (χ0n) is 15.0. The van der Waals surface area contributed by atoms with Gasteiger partial charge in [0.15, 0.2) is 11.5 Å². The third-order valence-electron chi connectivity index (χ3n) is 4.53. The molecule has 1 saturated carbocycles. The fraction of sp³-hybridized carbons (Fsp3) is 0.130. The first-order valence-corrected chi connectivity index (χ1v) is 9.46. The minimum absolute atomic E-state index is 0.0177. The molecular weight excluding hydrogens is 374 g/mol. The molecule has 0 unspecified atom stereocenters. The topological polar surface area (TPSA) is 55.4 Å². The Kier molecular flexibility index (Phi) is 5.13. The van der Waals surface area contributed by atoms with E-state index in [-0.39, 0.29) is 17.6 Å². The van der Waals surface area contributed by atoms with Gasteiger partial charge in [0.25, 0.3) is 0 Å². The van der Waals surface area contributed by atoms with Crippen molar-refractivity contribution in [3.05, 3.63) is 88.9 Å². The van der Waals surface area contributed by atoms with E-state index in [4.69, 9.17) is 16.3 Å². The molecule has 1 amide bonds. The van der Waals surface area contributed by atoms with Crippen molar-refractivity contribution < 1.29 is 14.3 Å². The van der Waals surface area contributed by atoms with Crippen LogP contribution in [0.1, 0.15) is 28.8 Å². The monoisotopic (exact) mass is 391 g/mol. The van der Waals surface area contributed by atoms with Gasteiger partial charge in [0, 0.05) is 22.1 Å². The third kappa shape index (κ3) is 4.24. The van der Waals surface area contributed by atoms with Gasteiger partial charge >= 0.3 is 0 Å². The summed E-state index contributed by atoms with van der Waals surface area (Å²) in [6, 6.07) is 21.1. The van der Waals surface area contributed by atoms with Gasteiger partial charge in [-0.1, -0.05) is 41.9 Å². The van der Waals surface area contributed by atoms with Crippen molar-refractivity contribution in [2.45, 2.75) is 12.8 Å². The molecule has 140 valence electrons. The van der Waals surface area contributed by atoms with Crippen LogP contribution < -0.4 is 10.1 Å². The largest absolute Gasteiger partial charge is 0.455 e. The molecule has 0 bridgehead atoms. The minimum atomic E-state index is -0.0453. The molecule has 0 spiro atoms. The van der Waals surface area contributed by atoms with Crippen LogP contribution in [0, 0.1) is 5.92 Å². The van der Waals surface area contributed by atoms with Crippen LogP contribution in [0.15, 0.2) is 72.8 Å². The van der Waals surface area contributed by atoms with Crippen LogP contribution in [-0.2, 0) is 4.79 Å². The highest BCUT2D eigenvalue weighted by molar-refractivity contribution is 6.31. The van der Waals surface area contributed by atoms with Crippen LogP contribution in [0.3, 0.4) is 0 Å². The van der Waals surface area contributed by atoms with Crippen molar-refractivity contribution in [2.75, 3.05) is 5.32 Å². The van der Waals surface area contributed by atoms with E-state index >= 15 is 0 Å². The third-order valence-corrected chi connectivity index (χ3v) is 4.76. The Hall–Kier alpha value is -3.11. The molecule has 28 heavy (non-hydrogen) atoms. The number of rotatable bonds is 6. The van der Waals surface area contributed by atoms with Gasteiger partial charge in [0.1, 0.15) is 5.75 Å². The predicted octanol–water partition coefficient (Wildman–Crippen LogP) is 5.71. The summed E-state index contributed by atoms with van der Waals surface area (Å²) in [5.74, 6) is 1.08. The molecule has 0 aromatic heterocycles. The summed E-state index contributed by atoms with van der Waals surface area (Å²) in [5, 5.41) is 3.40. The first kappa shape index (κ1) is 18.3. The SMILES string of the molecule is O=C(c1ccccc1)c1ccc(Oc2ccc(Cl)cc2NC(=O)C2CC2)cc1. The fourth-order valence-electron chi connectivity index (χ4n) is 2.83. The lowest BCUT2D eigenvalue weighted by molar-refractivity contribution is -0.117. The number of amides is 1. The Morgan fingerprint density at radius 2 is 1.57 bits per heavy atom. The van der Waals surface area contributed by atoms with E-state index in [1.54, 1.807) is 54.6 Å². The molecule has 1 N–H and O–H groups in total. The van der Waals surface area contributed by atoms with Gasteiger partial charge in [-0.05, 0) is 55.3 Å². The van der Waals surface area contributed by atoms with Crippen molar-refractivity contribution in [2.24, 2.45) is 5.92 Å². The molecule has 0 radical (unpaired) electrons. The standard InChI is InChI=1S/C23H18ClNO3/c24-18-10-13-21(20(14-18)25-23(27)17-6-7-17)28-19-11-8-16(9-12-19)22(26)15-4-2-1-3-5-15/h1-5,8-14,17H,6-7H2,(H,25,27). The van der Waals surface area contributed by atoms with E-state index in [1.807, 2.05) is 18.2 Å². The van der Waals surface area contributed by atoms with Gasteiger partial charge in [0.05, 0.1) is 5.69 Å². The number of nitrogens with one attached hydrogen (secondary N) is 1. The van der Waals surface area contributed by atoms with Crippen LogP contribution in [0.5, 0.6) is 11.5 Å². The Morgan fingerprint density at radius 3 is 2.25 bits per heavy atom. The van der Waals surface area contributed by atoms with E-state index in [1.165, 1.54) is 0 Å². The summed E-state index contributed by atoms with van der Waals surface area (Å²) in [4.78, 5) is 24.6. The highest BCUT2D eigenvalue weighted by Gasteiger charge is 2.30. The lowest BCUT2D eigenvalue weighted by Crippen LogP contribution is -2.13. The first-order valence-electron chi connectivity index (χ1n) is 9.08. The zero-order valence-corrected chi connectivity index (χ0v) is 15.8. The molecule has 1 fully saturated rings. The Bertz CT molecular complexity index is 1010. The number of ether oxygens (including phenoxy) is 1. The molecule has 1 aliphatic rings. The molecular formula is C23H18ClNO3. The Morgan fingerprint density at radius 1 is 0.893 bits per heavy atom. The second kappa shape index (κ2) is 7.87. The van der Waals surface area contributed by atoms with E-state index in [9.17, 15) is 9.59 Å². The van der Waals surface area contributed by atoms with Crippen molar-refractivity contribution in [1.82, 2.24) is 0 Å². The van der Waals surface area contributed by atoms with Gasteiger partial charge in [-0.25, -0.2) is 0 Å². The highest BCUT2D eigenvalue weighted by atomic mass is 35.5. The van der Waals surface area contributed by atoms with Crippen molar-refractivity contribution in [1.29, 1.82) is 0 Å². The predicted molar refractivity (Wildman–Crippen MR) is 109 cm³/mol. The molecule has 1 aliphatic carbocycles. The number of anilines is 1. The van der Waals surface area contributed by atoms with Gasteiger partial charge in [-0.15, -0.1) is 0 Å². The second-order valence-corrected chi connectivity index (χ2v) is 7.16. The average molecular weight is 392 g/mol. The molecule has 5 heteroatoms. The summed E-state index contributed by atoms with van der Waals surface area (Å²) in [5.41, 5.74) is 1.75. The molecule has 3 aromatic rings. The summed E-state index contributed by atoms with van der Waals surface area (Å²) < 4.78 is 5.92. The van der Waals surface area contributed by atoms with Crippen molar-refractivity contribution in [3.8, 4) is 11.5 Å². The van der Waals surface area contributed by atoms with Crippen molar-refractivity contribution >= 4 is 29.0 Å². The summed E-state index contributed by atoms with van der Waals surface area (Å²) in [6.45, 7) is 0. The number of carbonyl (C=O) groups excluding carboxylic acids is 2. The molecule has 4 nitrogen and oxygen atoms in total. The van der Waals surface area contributed by atoms with Crippen LogP contribution in [0.4, 0.5) is 5.69 Å². The fourth-order valence-corrected chi connectivity index (χ4v) is 3.00. The Labute approximate surface area is 168 Å². The first-order chi connectivity index (χ1) is 13.6. The van der Waals surface area contributed by atoms with E-state index < -0.39 is 0 Å². The van der Waals surface area contributed by atoms with Crippen LogP contribution in [0.25, 0.3) is 0 Å². The van der Waals surface area contributed by atoms with E-state index in [0.717, 1.165) is 12.8 Å². The van der Waals surface area contributed by atoms with Crippen LogP contribution in [-0.4, -0.2) is 11.7 Å². The molecule has 0 aliphatic heterocycles. The number of carbonyl (C=O) groups is 2. The lowest BCUT2D eigenvalue weighted by Gasteiger charge is -2.13. The number of hydrogen-bond donors (Lipinski definition) is 1. The maximum atomic E-state index is 12.5. The molecule has 3 aromatic carbocycles.